The monoisotopic (exact) mass is 675 g/mol. The van der Waals surface area contributed by atoms with E-state index in [0.29, 0.717) is 5.82 Å². The summed E-state index contributed by atoms with van der Waals surface area (Å²) in [6.45, 7) is 0. The predicted molar refractivity (Wildman–Crippen MR) is 219 cm³/mol. The van der Waals surface area contributed by atoms with Gasteiger partial charge in [0.15, 0.2) is 5.82 Å². The third-order valence-electron chi connectivity index (χ3n) is 10.5. The van der Waals surface area contributed by atoms with Gasteiger partial charge in [0.2, 0.25) is 0 Å². The lowest BCUT2D eigenvalue weighted by Gasteiger charge is -2.13. The van der Waals surface area contributed by atoms with Crippen molar-refractivity contribution in [2.45, 2.75) is 0 Å². The lowest BCUT2D eigenvalue weighted by atomic mass is 9.92. The molecule has 0 N–H and O–H groups in total. The van der Waals surface area contributed by atoms with Gasteiger partial charge in [0, 0.05) is 33.0 Å². The molecule has 0 fully saturated rings. The van der Waals surface area contributed by atoms with Crippen LogP contribution in [0.3, 0.4) is 0 Å². The molecule has 0 spiro atoms. The van der Waals surface area contributed by atoms with Crippen molar-refractivity contribution in [3.8, 4) is 45.2 Å². The fourth-order valence-corrected chi connectivity index (χ4v) is 7.94. The van der Waals surface area contributed by atoms with Crippen molar-refractivity contribution in [3.05, 3.63) is 176 Å². The number of hydrogen-bond acceptors (Lipinski definition) is 4. The third-order valence-corrected chi connectivity index (χ3v) is 10.5. The minimum absolute atomic E-state index is 0.668. The molecule has 0 aliphatic heterocycles. The number of para-hydroxylation sites is 2. The summed E-state index contributed by atoms with van der Waals surface area (Å²) in [5.41, 5.74) is 9.28. The third kappa shape index (κ3) is 4.73. The standard InChI is InChI=1S/C49H29N3O/c1-2-12-30(13-3-1)43-29-44(33-26-27-38-36-16-5-4-14-34(36)35-15-6-7-17-37(35)41(38)28-33)52-49(51-43)32-24-22-31(23-25-32)47-46-40-19-9-11-21-45(40)53-48(46)39-18-8-10-20-42(39)50-47/h1-29H. The van der Waals surface area contributed by atoms with Crippen LogP contribution in [0.2, 0.25) is 0 Å². The van der Waals surface area contributed by atoms with Gasteiger partial charge in [-0.15, -0.1) is 0 Å². The van der Waals surface area contributed by atoms with Gasteiger partial charge in [-0.2, -0.15) is 0 Å². The first kappa shape index (κ1) is 29.5. The highest BCUT2D eigenvalue weighted by molar-refractivity contribution is 6.25. The van der Waals surface area contributed by atoms with Crippen LogP contribution in [-0.4, -0.2) is 15.0 Å². The summed E-state index contributed by atoms with van der Waals surface area (Å²) in [5, 5.41) is 10.5. The van der Waals surface area contributed by atoms with Crippen LogP contribution < -0.4 is 0 Å². The molecule has 0 bridgehead atoms. The summed E-state index contributed by atoms with van der Waals surface area (Å²) in [6, 6.07) is 61.4. The average molecular weight is 676 g/mol. The van der Waals surface area contributed by atoms with Crippen molar-refractivity contribution in [3.63, 3.8) is 0 Å². The molecule has 0 saturated heterocycles. The maximum Gasteiger partial charge on any atom is 0.160 e. The van der Waals surface area contributed by atoms with E-state index in [4.69, 9.17) is 19.4 Å². The highest BCUT2D eigenvalue weighted by atomic mass is 16.3. The van der Waals surface area contributed by atoms with Crippen molar-refractivity contribution in [1.82, 2.24) is 15.0 Å². The maximum absolute atomic E-state index is 6.44. The molecule has 8 aromatic carbocycles. The Hall–Kier alpha value is -7.17. The first-order valence-corrected chi connectivity index (χ1v) is 17.9. The Morgan fingerprint density at radius 2 is 0.868 bits per heavy atom. The summed E-state index contributed by atoms with van der Waals surface area (Å²) in [4.78, 5) is 15.5. The van der Waals surface area contributed by atoms with Crippen LogP contribution in [0.25, 0.3) is 110 Å². The van der Waals surface area contributed by atoms with Crippen molar-refractivity contribution >= 4 is 65.2 Å². The zero-order valence-corrected chi connectivity index (χ0v) is 28.5. The molecule has 0 saturated carbocycles. The zero-order chi connectivity index (χ0) is 34.9. The summed E-state index contributed by atoms with van der Waals surface area (Å²) in [5.74, 6) is 0.668. The van der Waals surface area contributed by atoms with E-state index in [2.05, 4.69) is 133 Å². The molecule has 0 aliphatic carbocycles. The first-order chi connectivity index (χ1) is 26.3. The lowest BCUT2D eigenvalue weighted by molar-refractivity contribution is 0.672. The van der Waals surface area contributed by atoms with E-state index in [1.54, 1.807) is 0 Å². The fraction of sp³-hybridized carbons (Fsp3) is 0. The molecule has 0 radical (unpaired) electrons. The topological polar surface area (TPSA) is 51.8 Å². The van der Waals surface area contributed by atoms with Crippen molar-refractivity contribution in [2.75, 3.05) is 0 Å². The Kier molecular flexibility index (Phi) is 6.52. The summed E-state index contributed by atoms with van der Waals surface area (Å²) in [7, 11) is 0. The number of benzene rings is 8. The summed E-state index contributed by atoms with van der Waals surface area (Å²) < 4.78 is 6.44. The Morgan fingerprint density at radius 3 is 1.58 bits per heavy atom. The van der Waals surface area contributed by atoms with E-state index in [1.807, 2.05) is 42.5 Å². The molecule has 3 aromatic heterocycles. The molecular weight excluding hydrogens is 647 g/mol. The van der Waals surface area contributed by atoms with Gasteiger partial charge in [-0.25, -0.2) is 15.0 Å². The zero-order valence-electron chi connectivity index (χ0n) is 28.5. The fourth-order valence-electron chi connectivity index (χ4n) is 7.94. The van der Waals surface area contributed by atoms with E-state index < -0.39 is 0 Å². The van der Waals surface area contributed by atoms with Gasteiger partial charge in [0.05, 0.1) is 28.0 Å². The van der Waals surface area contributed by atoms with Crippen molar-refractivity contribution in [2.24, 2.45) is 0 Å². The van der Waals surface area contributed by atoms with E-state index in [-0.39, 0.29) is 0 Å². The maximum atomic E-state index is 6.44. The molecule has 0 aliphatic rings. The molecule has 4 heteroatoms. The lowest BCUT2D eigenvalue weighted by Crippen LogP contribution is -1.96. The van der Waals surface area contributed by atoms with Gasteiger partial charge in [0.25, 0.3) is 0 Å². The van der Waals surface area contributed by atoms with E-state index >= 15 is 0 Å². The van der Waals surface area contributed by atoms with Crippen molar-refractivity contribution < 1.29 is 4.42 Å². The highest BCUT2D eigenvalue weighted by Gasteiger charge is 2.18. The molecule has 0 atom stereocenters. The summed E-state index contributed by atoms with van der Waals surface area (Å²) in [6.07, 6.45) is 0. The molecule has 11 aromatic rings. The highest BCUT2D eigenvalue weighted by Crippen LogP contribution is 2.41. The van der Waals surface area contributed by atoms with Crippen LogP contribution in [0.5, 0.6) is 0 Å². The molecule has 3 heterocycles. The van der Waals surface area contributed by atoms with E-state index in [9.17, 15) is 0 Å². The van der Waals surface area contributed by atoms with Gasteiger partial charge in [-0.3, -0.25) is 0 Å². The minimum Gasteiger partial charge on any atom is -0.455 e. The molecule has 0 unspecified atom stereocenters. The van der Waals surface area contributed by atoms with E-state index in [0.717, 1.165) is 72.2 Å². The first-order valence-electron chi connectivity index (χ1n) is 17.9. The van der Waals surface area contributed by atoms with Crippen LogP contribution >= 0.6 is 0 Å². The summed E-state index contributed by atoms with van der Waals surface area (Å²) >= 11 is 0. The second kappa shape index (κ2) is 11.7. The Labute approximate surface area is 304 Å². The quantitative estimate of drug-likeness (QED) is 0.174. The molecule has 0 amide bonds. The van der Waals surface area contributed by atoms with Gasteiger partial charge in [-0.1, -0.05) is 146 Å². The van der Waals surface area contributed by atoms with Gasteiger partial charge in [-0.05, 0) is 62.6 Å². The molecule has 53 heavy (non-hydrogen) atoms. The normalized spacial score (nSPS) is 11.8. The van der Waals surface area contributed by atoms with Crippen LogP contribution in [-0.2, 0) is 0 Å². The Bertz CT molecular complexity index is 3180. The minimum atomic E-state index is 0.668. The second-order valence-electron chi connectivity index (χ2n) is 13.5. The van der Waals surface area contributed by atoms with E-state index in [1.165, 1.54) is 32.3 Å². The molecule has 246 valence electrons. The van der Waals surface area contributed by atoms with Crippen molar-refractivity contribution in [1.29, 1.82) is 0 Å². The second-order valence-corrected chi connectivity index (χ2v) is 13.5. The van der Waals surface area contributed by atoms with Crippen LogP contribution in [0.15, 0.2) is 180 Å². The number of fused-ring (bicyclic) bond motifs is 11. The van der Waals surface area contributed by atoms with Crippen LogP contribution in [0.4, 0.5) is 0 Å². The Balaban J connectivity index is 1.08. The smallest absolute Gasteiger partial charge is 0.160 e. The predicted octanol–water partition coefficient (Wildman–Crippen LogP) is 13.1. The molecular formula is C49H29N3O. The molecule has 11 rings (SSSR count). The number of pyridine rings is 1. The number of nitrogens with zero attached hydrogens (tertiary/aromatic N) is 3. The van der Waals surface area contributed by atoms with Crippen LogP contribution in [0, 0.1) is 0 Å². The molecule has 4 nitrogen and oxygen atoms in total. The number of hydrogen-bond donors (Lipinski definition) is 0. The SMILES string of the molecule is c1ccc(-c2cc(-c3ccc4c5ccccc5c5ccccc5c4c3)nc(-c3ccc(-c4nc5ccccc5c5oc6ccccc6c45)cc3)n2)cc1. The average Bonchev–Trinajstić information content (AvgIpc) is 3.64. The Morgan fingerprint density at radius 1 is 0.340 bits per heavy atom. The largest absolute Gasteiger partial charge is 0.455 e. The number of furan rings is 1. The number of aromatic nitrogens is 3. The van der Waals surface area contributed by atoms with Gasteiger partial charge in [0.1, 0.15) is 11.2 Å². The number of rotatable bonds is 4. The van der Waals surface area contributed by atoms with Crippen LogP contribution in [0.1, 0.15) is 0 Å². The van der Waals surface area contributed by atoms with Gasteiger partial charge >= 0.3 is 0 Å². The van der Waals surface area contributed by atoms with Gasteiger partial charge < -0.3 is 4.42 Å².